The molecule has 2 fully saturated rings. The molecule has 5 atom stereocenters. The Morgan fingerprint density at radius 2 is 1.83 bits per heavy atom. The molecule has 1 saturated heterocycles. The number of hydrogen-bond donors (Lipinski definition) is 0. The molecule has 23 heavy (non-hydrogen) atoms. The Labute approximate surface area is 131 Å². The fourth-order valence-electron chi connectivity index (χ4n) is 4.49. The number of carbonyl (C=O) groups excluding carboxylic acids is 1. The summed E-state index contributed by atoms with van der Waals surface area (Å²) in [4.78, 5) is 12.2. The molecule has 6 heteroatoms. The molecule has 2 aliphatic carbocycles. The van der Waals surface area contributed by atoms with E-state index in [1.54, 1.807) is 6.08 Å². The second kappa shape index (κ2) is 4.52. The second-order valence-electron chi connectivity index (χ2n) is 6.38. The van der Waals surface area contributed by atoms with Gasteiger partial charge in [0.2, 0.25) is 5.60 Å². The third-order valence-corrected chi connectivity index (χ3v) is 5.40. The highest BCUT2D eigenvalue weighted by molar-refractivity contribution is 5.78. The standard InChI is InChI=1S/C17H15F3O3/c1-22-12-6-4-11(5-7-12)16(17(18,19)20)14-10-3-2-9(8-10)13(14)15(21)23-16/h2-7,9-10,13-14H,8H2,1H3/t9-,10+,13-,14+,16-/m1/s1. The average molecular weight is 324 g/mol. The molecule has 1 aromatic rings. The van der Waals surface area contributed by atoms with Crippen LogP contribution < -0.4 is 4.74 Å². The first-order valence-corrected chi connectivity index (χ1v) is 7.51. The maximum Gasteiger partial charge on any atom is 0.433 e. The number of methoxy groups -OCH3 is 1. The first-order chi connectivity index (χ1) is 10.9. The number of hydrogen-bond acceptors (Lipinski definition) is 3. The molecule has 1 aromatic carbocycles. The lowest BCUT2D eigenvalue weighted by Gasteiger charge is -2.37. The minimum atomic E-state index is -4.67. The van der Waals surface area contributed by atoms with Gasteiger partial charge in [-0.25, -0.2) is 0 Å². The first-order valence-electron chi connectivity index (χ1n) is 7.51. The van der Waals surface area contributed by atoms with Gasteiger partial charge >= 0.3 is 12.1 Å². The number of allylic oxidation sites excluding steroid dienone is 2. The predicted molar refractivity (Wildman–Crippen MR) is 74.5 cm³/mol. The highest BCUT2D eigenvalue weighted by Crippen LogP contribution is 2.65. The van der Waals surface area contributed by atoms with Crippen molar-refractivity contribution in [2.75, 3.05) is 7.11 Å². The fourth-order valence-corrected chi connectivity index (χ4v) is 4.49. The van der Waals surface area contributed by atoms with Crippen LogP contribution >= 0.6 is 0 Å². The van der Waals surface area contributed by atoms with Crippen molar-refractivity contribution in [3.63, 3.8) is 0 Å². The zero-order valence-corrected chi connectivity index (χ0v) is 12.3. The molecule has 0 unspecified atom stereocenters. The Morgan fingerprint density at radius 3 is 2.43 bits per heavy atom. The van der Waals surface area contributed by atoms with E-state index in [0.717, 1.165) is 0 Å². The van der Waals surface area contributed by atoms with Gasteiger partial charge in [0.25, 0.3) is 0 Å². The largest absolute Gasteiger partial charge is 0.497 e. The van der Waals surface area contributed by atoms with E-state index in [4.69, 9.17) is 9.47 Å². The first kappa shape index (κ1) is 14.6. The van der Waals surface area contributed by atoms with Gasteiger partial charge in [0.05, 0.1) is 13.0 Å². The van der Waals surface area contributed by atoms with Crippen molar-refractivity contribution in [2.24, 2.45) is 23.7 Å². The van der Waals surface area contributed by atoms with Gasteiger partial charge in [0.15, 0.2) is 0 Å². The Bertz CT molecular complexity index is 679. The zero-order valence-electron chi connectivity index (χ0n) is 12.3. The van der Waals surface area contributed by atoms with Crippen LogP contribution in [0.3, 0.4) is 0 Å². The minimum Gasteiger partial charge on any atom is -0.497 e. The highest BCUT2D eigenvalue weighted by Gasteiger charge is 2.75. The van der Waals surface area contributed by atoms with E-state index in [2.05, 4.69) is 0 Å². The lowest BCUT2D eigenvalue weighted by atomic mass is 9.71. The van der Waals surface area contributed by atoms with Gasteiger partial charge in [-0.3, -0.25) is 4.79 Å². The summed E-state index contributed by atoms with van der Waals surface area (Å²) in [5.41, 5.74) is -2.60. The summed E-state index contributed by atoms with van der Waals surface area (Å²) >= 11 is 0. The number of rotatable bonds is 2. The molecule has 1 heterocycles. The summed E-state index contributed by atoms with van der Waals surface area (Å²) in [5, 5.41) is 0. The number of esters is 1. The smallest absolute Gasteiger partial charge is 0.433 e. The molecule has 0 amide bonds. The Hall–Kier alpha value is -1.98. The molecule has 0 radical (unpaired) electrons. The average Bonchev–Trinajstić information content (AvgIpc) is 3.19. The van der Waals surface area contributed by atoms with Crippen LogP contribution in [-0.2, 0) is 15.1 Å². The van der Waals surface area contributed by atoms with Crippen LogP contribution in [-0.4, -0.2) is 19.3 Å². The molecule has 4 rings (SSSR count). The number of benzene rings is 1. The normalized spacial score (nSPS) is 37.8. The predicted octanol–water partition coefficient (Wildman–Crippen LogP) is 3.45. The molecule has 0 N–H and O–H groups in total. The molecular weight excluding hydrogens is 309 g/mol. The number of carbonyl (C=O) groups is 1. The maximum atomic E-state index is 14.1. The van der Waals surface area contributed by atoms with Gasteiger partial charge in [-0.05, 0) is 30.4 Å². The van der Waals surface area contributed by atoms with Crippen molar-refractivity contribution >= 4 is 5.97 Å². The van der Waals surface area contributed by atoms with Crippen molar-refractivity contribution in [1.29, 1.82) is 0 Å². The minimum absolute atomic E-state index is 0.0346. The number of alkyl halides is 3. The van der Waals surface area contributed by atoms with Gasteiger partial charge in [0, 0.05) is 11.5 Å². The quantitative estimate of drug-likeness (QED) is 0.617. The zero-order chi connectivity index (χ0) is 16.4. The van der Waals surface area contributed by atoms with Crippen molar-refractivity contribution < 1.29 is 27.4 Å². The van der Waals surface area contributed by atoms with E-state index < -0.39 is 29.6 Å². The van der Waals surface area contributed by atoms with E-state index in [0.29, 0.717) is 12.2 Å². The SMILES string of the molecule is COc1ccc([C@@]2(C(F)(F)F)OC(=O)[C@H]3[C@@H]2[C@H]2C=C[C@@H]3C2)cc1. The van der Waals surface area contributed by atoms with Crippen LogP contribution in [0.15, 0.2) is 36.4 Å². The molecule has 1 aliphatic heterocycles. The third kappa shape index (κ3) is 1.75. The molecule has 2 bridgehead atoms. The number of fused-ring (bicyclic) bond motifs is 5. The summed E-state index contributed by atoms with van der Waals surface area (Å²) in [7, 11) is 1.45. The molecule has 3 aliphatic rings. The lowest BCUT2D eigenvalue weighted by Crippen LogP contribution is -2.49. The molecule has 1 saturated carbocycles. The van der Waals surface area contributed by atoms with Gasteiger partial charge in [-0.15, -0.1) is 0 Å². The summed E-state index contributed by atoms with van der Waals surface area (Å²) in [6.07, 6.45) is -0.418. The maximum absolute atomic E-state index is 14.1. The fraction of sp³-hybridized carbons (Fsp3) is 0.471. The molecular formula is C17H15F3O3. The monoisotopic (exact) mass is 324 g/mol. The van der Waals surface area contributed by atoms with Gasteiger partial charge in [0.1, 0.15) is 5.75 Å². The van der Waals surface area contributed by atoms with Crippen LogP contribution in [0.2, 0.25) is 0 Å². The van der Waals surface area contributed by atoms with Gasteiger partial charge in [-0.2, -0.15) is 13.2 Å². The molecule has 3 nitrogen and oxygen atoms in total. The number of ether oxygens (including phenoxy) is 2. The van der Waals surface area contributed by atoms with Gasteiger partial charge < -0.3 is 9.47 Å². The van der Waals surface area contributed by atoms with E-state index in [1.807, 2.05) is 6.08 Å². The summed E-state index contributed by atoms with van der Waals surface area (Å²) in [5.74, 6) is -2.29. The topological polar surface area (TPSA) is 35.5 Å². The number of halogens is 3. The van der Waals surface area contributed by atoms with Crippen LogP contribution in [0, 0.1) is 23.7 Å². The van der Waals surface area contributed by atoms with Crippen molar-refractivity contribution in [1.82, 2.24) is 0 Å². The van der Waals surface area contributed by atoms with Crippen molar-refractivity contribution in [3.8, 4) is 5.75 Å². The van der Waals surface area contributed by atoms with E-state index in [1.165, 1.54) is 31.4 Å². The Balaban J connectivity index is 1.88. The van der Waals surface area contributed by atoms with Gasteiger partial charge in [-0.1, -0.05) is 24.3 Å². The van der Waals surface area contributed by atoms with E-state index >= 15 is 0 Å². The lowest BCUT2D eigenvalue weighted by molar-refractivity contribution is -0.280. The van der Waals surface area contributed by atoms with E-state index in [-0.39, 0.29) is 17.4 Å². The Kier molecular flexibility index (Phi) is 2.87. The van der Waals surface area contributed by atoms with Crippen LogP contribution in [0.4, 0.5) is 13.2 Å². The Morgan fingerprint density at radius 1 is 1.17 bits per heavy atom. The second-order valence-corrected chi connectivity index (χ2v) is 6.38. The van der Waals surface area contributed by atoms with Crippen LogP contribution in [0.25, 0.3) is 0 Å². The van der Waals surface area contributed by atoms with Crippen molar-refractivity contribution in [2.45, 2.75) is 18.2 Å². The molecule has 0 spiro atoms. The van der Waals surface area contributed by atoms with Crippen molar-refractivity contribution in [3.05, 3.63) is 42.0 Å². The molecule has 0 aromatic heterocycles. The van der Waals surface area contributed by atoms with Crippen LogP contribution in [0.1, 0.15) is 12.0 Å². The van der Waals surface area contributed by atoms with E-state index in [9.17, 15) is 18.0 Å². The summed E-state index contributed by atoms with van der Waals surface area (Å²) < 4.78 is 52.3. The number of cyclic esters (lactones) is 1. The highest BCUT2D eigenvalue weighted by atomic mass is 19.4. The summed E-state index contributed by atoms with van der Waals surface area (Å²) in [6.45, 7) is 0. The summed E-state index contributed by atoms with van der Waals surface area (Å²) in [6, 6.07) is 5.62. The molecule has 122 valence electrons. The van der Waals surface area contributed by atoms with Crippen LogP contribution in [0.5, 0.6) is 5.75 Å². The third-order valence-electron chi connectivity index (χ3n) is 5.40.